The van der Waals surface area contributed by atoms with Crippen molar-refractivity contribution in [2.45, 2.75) is 32.2 Å². The van der Waals surface area contributed by atoms with E-state index in [1.165, 1.54) is 0 Å². The zero-order chi connectivity index (χ0) is 22.0. The molecule has 0 saturated carbocycles. The Labute approximate surface area is 167 Å². The lowest BCUT2D eigenvalue weighted by Crippen LogP contribution is -2.30. The summed E-state index contributed by atoms with van der Waals surface area (Å²) in [6.07, 6.45) is -9.68. The number of benzene rings is 1. The van der Waals surface area contributed by atoms with E-state index in [1.54, 1.807) is 13.8 Å². The number of halogens is 7. The van der Waals surface area contributed by atoms with Crippen LogP contribution in [0.3, 0.4) is 0 Å². The minimum absolute atomic E-state index is 0.185. The topological polar surface area (TPSA) is 70.1 Å². The molecule has 0 aliphatic rings. The summed E-state index contributed by atoms with van der Waals surface area (Å²) >= 11 is 5.83. The van der Waals surface area contributed by atoms with E-state index in [0.29, 0.717) is 6.07 Å². The quantitative estimate of drug-likeness (QED) is 0.527. The molecular weight excluding hydrogens is 426 g/mol. The number of aliphatic hydroxyl groups excluding tert-OH is 1. The van der Waals surface area contributed by atoms with Crippen LogP contribution in [-0.2, 0) is 12.4 Å². The summed E-state index contributed by atoms with van der Waals surface area (Å²) in [5, 5.41) is 13.8. The molecule has 2 aromatic rings. The maximum Gasteiger partial charge on any atom is 0.433 e. The molecule has 0 amide bonds. The van der Waals surface area contributed by atoms with Crippen LogP contribution in [-0.4, -0.2) is 27.7 Å². The summed E-state index contributed by atoms with van der Waals surface area (Å²) in [5.41, 5.74) is -3.18. The van der Waals surface area contributed by atoms with E-state index >= 15 is 0 Å². The second kappa shape index (κ2) is 8.62. The Morgan fingerprint density at radius 1 is 1.07 bits per heavy atom. The van der Waals surface area contributed by atoms with Gasteiger partial charge >= 0.3 is 12.4 Å². The molecule has 1 atom stereocenters. The van der Waals surface area contributed by atoms with E-state index in [-0.39, 0.29) is 10.9 Å². The zero-order valence-electron chi connectivity index (χ0n) is 15.2. The summed E-state index contributed by atoms with van der Waals surface area (Å²) in [6.45, 7) is 3.00. The maximum atomic E-state index is 13.2. The Balaban J connectivity index is 2.52. The van der Waals surface area contributed by atoms with Crippen molar-refractivity contribution in [3.05, 3.63) is 40.5 Å². The number of para-hydroxylation sites is 1. The van der Waals surface area contributed by atoms with Crippen molar-refractivity contribution in [2.24, 2.45) is 5.92 Å². The van der Waals surface area contributed by atoms with Crippen LogP contribution in [0.25, 0.3) is 0 Å². The summed E-state index contributed by atoms with van der Waals surface area (Å²) in [6, 6.07) is 2.76. The number of hydrogen-bond donors (Lipinski definition) is 3. The fraction of sp³-hybridized carbons (Fsp3) is 0.412. The highest BCUT2D eigenvalue weighted by atomic mass is 35.5. The first-order valence-electron chi connectivity index (χ1n) is 8.29. The fourth-order valence-electron chi connectivity index (χ4n) is 2.33. The molecule has 1 aromatic carbocycles. The highest BCUT2D eigenvalue weighted by Crippen LogP contribution is 2.40. The normalized spacial score (nSPS) is 13.5. The Kier molecular flexibility index (Phi) is 6.84. The van der Waals surface area contributed by atoms with Gasteiger partial charge in [-0.15, -0.1) is 0 Å². The van der Waals surface area contributed by atoms with Crippen LogP contribution < -0.4 is 10.6 Å². The minimum Gasteiger partial charge on any atom is -0.394 e. The standard InChI is InChI=1S/C17H17ClF6N4O/c1-8(2)11(7-29)25-15-26-12(17(22,23)24)6-13(28-15)27-14-9(16(19,20)21)4-3-5-10(14)18/h3-6,8,11,29H,7H2,1-2H3,(H2,25,26,27,28)/t11-/m1/s1. The number of rotatable bonds is 6. The Hall–Kier alpha value is -2.27. The Bertz CT molecular complexity index is 857. The lowest BCUT2D eigenvalue weighted by molar-refractivity contribution is -0.141. The van der Waals surface area contributed by atoms with Crippen molar-refractivity contribution in [2.75, 3.05) is 17.2 Å². The lowest BCUT2D eigenvalue weighted by Gasteiger charge is -2.21. The number of aliphatic hydroxyl groups is 1. The van der Waals surface area contributed by atoms with Crippen LogP contribution in [0.15, 0.2) is 24.3 Å². The van der Waals surface area contributed by atoms with Gasteiger partial charge in [-0.3, -0.25) is 0 Å². The van der Waals surface area contributed by atoms with Crippen molar-refractivity contribution in [3.63, 3.8) is 0 Å². The largest absolute Gasteiger partial charge is 0.433 e. The molecule has 1 aromatic heterocycles. The molecule has 0 bridgehead atoms. The molecule has 0 unspecified atom stereocenters. The van der Waals surface area contributed by atoms with Crippen molar-refractivity contribution in [1.82, 2.24) is 9.97 Å². The summed E-state index contributed by atoms with van der Waals surface area (Å²) < 4.78 is 79.3. The van der Waals surface area contributed by atoms with Gasteiger partial charge in [0.15, 0.2) is 5.69 Å². The highest BCUT2D eigenvalue weighted by Gasteiger charge is 2.36. The number of hydrogen-bond acceptors (Lipinski definition) is 5. The molecule has 3 N–H and O–H groups in total. The van der Waals surface area contributed by atoms with Crippen molar-refractivity contribution < 1.29 is 31.4 Å². The van der Waals surface area contributed by atoms with Gasteiger partial charge in [0.25, 0.3) is 0 Å². The molecule has 0 spiro atoms. The van der Waals surface area contributed by atoms with Crippen LogP contribution in [0, 0.1) is 5.92 Å². The molecular formula is C17H17ClF6N4O. The summed E-state index contributed by atoms with van der Waals surface area (Å²) in [4.78, 5) is 7.16. The number of aromatic nitrogens is 2. The first-order valence-corrected chi connectivity index (χ1v) is 8.67. The molecule has 160 valence electrons. The maximum absolute atomic E-state index is 13.2. The van der Waals surface area contributed by atoms with Crippen LogP contribution in [0.2, 0.25) is 5.02 Å². The van der Waals surface area contributed by atoms with Crippen molar-refractivity contribution in [1.29, 1.82) is 0 Å². The van der Waals surface area contributed by atoms with E-state index in [4.69, 9.17) is 11.6 Å². The van der Waals surface area contributed by atoms with Crippen LogP contribution in [0.1, 0.15) is 25.1 Å². The van der Waals surface area contributed by atoms with E-state index < -0.39 is 53.7 Å². The van der Waals surface area contributed by atoms with Crippen LogP contribution >= 0.6 is 11.6 Å². The van der Waals surface area contributed by atoms with Gasteiger partial charge in [-0.1, -0.05) is 31.5 Å². The molecule has 29 heavy (non-hydrogen) atoms. The van der Waals surface area contributed by atoms with Gasteiger partial charge in [0.1, 0.15) is 5.82 Å². The SMILES string of the molecule is CC(C)[C@@H](CO)Nc1nc(Nc2c(Cl)cccc2C(F)(F)F)cc(C(F)(F)F)n1. The molecule has 12 heteroatoms. The summed E-state index contributed by atoms with van der Waals surface area (Å²) in [7, 11) is 0. The van der Waals surface area contributed by atoms with E-state index in [2.05, 4.69) is 20.6 Å². The van der Waals surface area contributed by atoms with Gasteiger partial charge < -0.3 is 15.7 Å². The predicted octanol–water partition coefficient (Wildman–Crippen LogP) is 5.34. The smallest absolute Gasteiger partial charge is 0.394 e. The Morgan fingerprint density at radius 2 is 1.72 bits per heavy atom. The molecule has 1 heterocycles. The molecule has 0 fully saturated rings. The lowest BCUT2D eigenvalue weighted by atomic mass is 10.1. The molecule has 0 aliphatic carbocycles. The van der Waals surface area contributed by atoms with E-state index in [9.17, 15) is 31.4 Å². The first kappa shape index (κ1) is 23.0. The number of alkyl halides is 6. The number of nitrogens with zero attached hydrogens (tertiary/aromatic N) is 2. The molecule has 0 saturated heterocycles. The van der Waals surface area contributed by atoms with Crippen molar-refractivity contribution in [3.8, 4) is 0 Å². The van der Waals surface area contributed by atoms with Gasteiger partial charge in [-0.05, 0) is 18.1 Å². The number of anilines is 3. The zero-order valence-corrected chi connectivity index (χ0v) is 15.9. The molecule has 5 nitrogen and oxygen atoms in total. The Morgan fingerprint density at radius 3 is 2.24 bits per heavy atom. The van der Waals surface area contributed by atoms with Gasteiger partial charge in [-0.2, -0.15) is 31.3 Å². The third kappa shape index (κ3) is 5.86. The van der Waals surface area contributed by atoms with E-state index in [1.807, 2.05) is 0 Å². The van der Waals surface area contributed by atoms with Gasteiger partial charge in [0.05, 0.1) is 28.9 Å². The van der Waals surface area contributed by atoms with Gasteiger partial charge in [-0.25, -0.2) is 4.98 Å². The average Bonchev–Trinajstić information content (AvgIpc) is 2.59. The van der Waals surface area contributed by atoms with Gasteiger partial charge in [0, 0.05) is 6.07 Å². The highest BCUT2D eigenvalue weighted by molar-refractivity contribution is 6.33. The fourth-order valence-corrected chi connectivity index (χ4v) is 2.55. The minimum atomic E-state index is -4.88. The van der Waals surface area contributed by atoms with Gasteiger partial charge in [0.2, 0.25) is 5.95 Å². The predicted molar refractivity (Wildman–Crippen MR) is 96.1 cm³/mol. The third-order valence-electron chi connectivity index (χ3n) is 3.90. The monoisotopic (exact) mass is 442 g/mol. The van der Waals surface area contributed by atoms with E-state index in [0.717, 1.165) is 18.2 Å². The first-order chi connectivity index (χ1) is 13.3. The van der Waals surface area contributed by atoms with Crippen LogP contribution in [0.5, 0.6) is 0 Å². The van der Waals surface area contributed by atoms with Crippen molar-refractivity contribution >= 4 is 29.1 Å². The average molecular weight is 443 g/mol. The molecule has 0 radical (unpaired) electrons. The molecule has 0 aliphatic heterocycles. The summed E-state index contributed by atoms with van der Waals surface area (Å²) in [5.74, 6) is -1.24. The molecule has 2 rings (SSSR count). The van der Waals surface area contributed by atoms with Crippen LogP contribution in [0.4, 0.5) is 43.8 Å². The third-order valence-corrected chi connectivity index (χ3v) is 4.22. The number of nitrogens with one attached hydrogen (secondary N) is 2. The second-order valence-electron chi connectivity index (χ2n) is 6.42. The second-order valence-corrected chi connectivity index (χ2v) is 6.83.